The number of carbonyl (C=O) groups excluding carboxylic acids is 1. The van der Waals surface area contributed by atoms with Crippen LogP contribution in [0.5, 0.6) is 5.75 Å². The molecular weight excluding hydrogens is 464 g/mol. The summed E-state index contributed by atoms with van der Waals surface area (Å²) in [6, 6.07) is 13.4. The molecule has 1 saturated heterocycles. The molecule has 2 aliphatic heterocycles. The number of fused-ring (bicyclic) bond motifs is 4. The van der Waals surface area contributed by atoms with Crippen LogP contribution in [-0.4, -0.2) is 48.7 Å². The van der Waals surface area contributed by atoms with Crippen LogP contribution in [0, 0.1) is 0 Å². The van der Waals surface area contributed by atoms with Gasteiger partial charge in [-0.1, -0.05) is 23.7 Å². The van der Waals surface area contributed by atoms with E-state index in [2.05, 4.69) is 10.2 Å². The van der Waals surface area contributed by atoms with Crippen molar-refractivity contribution in [2.45, 2.75) is 37.8 Å². The van der Waals surface area contributed by atoms with Crippen LogP contribution in [0.4, 0.5) is 0 Å². The second kappa shape index (κ2) is 8.53. The van der Waals surface area contributed by atoms with Crippen molar-refractivity contribution in [3.63, 3.8) is 0 Å². The maximum Gasteiger partial charge on any atom is 0.256 e. The van der Waals surface area contributed by atoms with Gasteiger partial charge in [0.2, 0.25) is 0 Å². The molecule has 8 nitrogen and oxygen atoms in total. The van der Waals surface area contributed by atoms with Crippen molar-refractivity contribution in [2.75, 3.05) is 7.11 Å². The van der Waals surface area contributed by atoms with Gasteiger partial charge in [0, 0.05) is 24.2 Å². The number of aromatic nitrogens is 5. The van der Waals surface area contributed by atoms with E-state index in [-0.39, 0.29) is 18.0 Å². The molecule has 2 bridgehead atoms. The van der Waals surface area contributed by atoms with Crippen molar-refractivity contribution in [3.8, 4) is 22.7 Å². The number of hydrogen-bond donors (Lipinski definition) is 0. The van der Waals surface area contributed by atoms with E-state index in [1.165, 1.54) is 10.4 Å². The van der Waals surface area contributed by atoms with Crippen LogP contribution in [-0.2, 0) is 13.5 Å². The molecule has 2 aromatic heterocycles. The fraction of sp³-hybridized carbons (Fsp3) is 0.308. The number of methoxy groups -OCH3 is 1. The Labute approximate surface area is 208 Å². The molecule has 0 saturated carbocycles. The second-order valence-corrected chi connectivity index (χ2v) is 9.45. The molecule has 2 atom stereocenters. The van der Waals surface area contributed by atoms with Gasteiger partial charge in [-0.2, -0.15) is 20.1 Å². The molecule has 0 aliphatic carbocycles. The number of halogens is 1. The first kappa shape index (κ1) is 21.9. The number of aryl methyl sites for hydroxylation is 1. The van der Waals surface area contributed by atoms with E-state index in [0.717, 1.165) is 42.6 Å². The predicted octanol–water partition coefficient (Wildman–Crippen LogP) is 4.62. The Hall–Kier alpha value is -3.65. The number of nitrogens with zero attached hydrogens (tertiary/aromatic N) is 6. The Kier molecular flexibility index (Phi) is 5.33. The summed E-state index contributed by atoms with van der Waals surface area (Å²) in [5.74, 6) is 0.642. The average Bonchev–Trinajstić information content (AvgIpc) is 3.51. The highest BCUT2D eigenvalue weighted by molar-refractivity contribution is 6.32. The number of piperidine rings is 1. The summed E-state index contributed by atoms with van der Waals surface area (Å²) in [6.07, 6.45) is 6.90. The van der Waals surface area contributed by atoms with Crippen molar-refractivity contribution in [3.05, 3.63) is 76.7 Å². The number of carbonyl (C=O) groups is 1. The highest BCUT2D eigenvalue weighted by Crippen LogP contribution is 2.45. The molecule has 1 amide bonds. The Balaban J connectivity index is 1.42. The summed E-state index contributed by atoms with van der Waals surface area (Å²) in [5.41, 5.74) is 5.51. The number of ether oxygens (including phenoxy) is 1. The number of benzene rings is 2. The summed E-state index contributed by atoms with van der Waals surface area (Å²) < 4.78 is 7.25. The quantitative estimate of drug-likeness (QED) is 0.419. The van der Waals surface area contributed by atoms with E-state index in [0.29, 0.717) is 22.0 Å². The predicted molar refractivity (Wildman–Crippen MR) is 132 cm³/mol. The lowest BCUT2D eigenvalue weighted by Gasteiger charge is -2.45. The summed E-state index contributed by atoms with van der Waals surface area (Å²) in [4.78, 5) is 17.6. The van der Waals surface area contributed by atoms with Gasteiger partial charge in [0.15, 0.2) is 0 Å². The third-order valence-corrected chi connectivity index (χ3v) is 7.40. The van der Waals surface area contributed by atoms with Gasteiger partial charge in [0.1, 0.15) is 5.75 Å². The lowest BCUT2D eigenvalue weighted by Crippen LogP contribution is -2.50. The first-order valence-corrected chi connectivity index (χ1v) is 12.1. The normalized spacial score (nSPS) is 18.9. The van der Waals surface area contributed by atoms with E-state index >= 15 is 0 Å². The third-order valence-electron chi connectivity index (χ3n) is 7.10. The van der Waals surface area contributed by atoms with Crippen molar-refractivity contribution >= 4 is 17.5 Å². The molecule has 6 rings (SSSR count). The largest absolute Gasteiger partial charge is 0.495 e. The number of para-hydroxylation sites is 1. The Morgan fingerprint density at radius 2 is 1.91 bits per heavy atom. The smallest absolute Gasteiger partial charge is 0.256 e. The van der Waals surface area contributed by atoms with Crippen LogP contribution in [0.25, 0.3) is 16.9 Å². The SMILES string of the molecule is COc1ccc(-c2c3c(nn2C)[C@H]2CCC[C@@H](C3)N2C(=O)c2ccccc2-n2nccn2)cc1Cl. The van der Waals surface area contributed by atoms with Gasteiger partial charge in [-0.3, -0.25) is 9.48 Å². The first-order chi connectivity index (χ1) is 17.1. The molecule has 4 aromatic rings. The summed E-state index contributed by atoms with van der Waals surface area (Å²) >= 11 is 6.45. The van der Waals surface area contributed by atoms with Crippen LogP contribution < -0.4 is 4.74 Å². The van der Waals surface area contributed by atoms with Gasteiger partial charge in [0.25, 0.3) is 5.91 Å². The highest BCUT2D eigenvalue weighted by atomic mass is 35.5. The van der Waals surface area contributed by atoms with E-state index in [1.807, 2.05) is 59.1 Å². The van der Waals surface area contributed by atoms with Crippen molar-refractivity contribution < 1.29 is 9.53 Å². The monoisotopic (exact) mass is 488 g/mol. The zero-order chi connectivity index (χ0) is 24.1. The molecule has 2 aliphatic rings. The van der Waals surface area contributed by atoms with Gasteiger partial charge in [-0.15, -0.1) is 0 Å². The minimum Gasteiger partial charge on any atom is -0.495 e. The molecule has 0 radical (unpaired) electrons. The van der Waals surface area contributed by atoms with Crippen LogP contribution >= 0.6 is 11.6 Å². The maximum absolute atomic E-state index is 14.0. The lowest BCUT2D eigenvalue weighted by molar-refractivity contribution is 0.0391. The molecule has 35 heavy (non-hydrogen) atoms. The molecule has 178 valence electrons. The van der Waals surface area contributed by atoms with Crippen molar-refractivity contribution in [1.29, 1.82) is 0 Å². The lowest BCUT2D eigenvalue weighted by atomic mass is 9.81. The Morgan fingerprint density at radius 3 is 2.69 bits per heavy atom. The van der Waals surface area contributed by atoms with Crippen molar-refractivity contribution in [2.24, 2.45) is 7.05 Å². The molecule has 0 N–H and O–H groups in total. The molecule has 0 unspecified atom stereocenters. The van der Waals surface area contributed by atoms with E-state index in [9.17, 15) is 4.79 Å². The average molecular weight is 489 g/mol. The molecule has 1 fully saturated rings. The first-order valence-electron chi connectivity index (χ1n) is 11.7. The van der Waals surface area contributed by atoms with Crippen LogP contribution in [0.3, 0.4) is 0 Å². The van der Waals surface area contributed by atoms with Crippen molar-refractivity contribution in [1.82, 2.24) is 29.7 Å². The summed E-state index contributed by atoms with van der Waals surface area (Å²) in [6.45, 7) is 0. The topological polar surface area (TPSA) is 78.1 Å². The molecule has 9 heteroatoms. The van der Waals surface area contributed by atoms with Gasteiger partial charge in [-0.25, -0.2) is 0 Å². The molecular formula is C26H25ClN6O2. The fourth-order valence-corrected chi connectivity index (χ4v) is 5.89. The second-order valence-electron chi connectivity index (χ2n) is 9.04. The van der Waals surface area contributed by atoms with Crippen LogP contribution in [0.2, 0.25) is 5.02 Å². The molecule has 4 heterocycles. The molecule has 2 aromatic carbocycles. The van der Waals surface area contributed by atoms with Crippen LogP contribution in [0.15, 0.2) is 54.9 Å². The zero-order valence-corrected chi connectivity index (χ0v) is 20.3. The van der Waals surface area contributed by atoms with Gasteiger partial charge < -0.3 is 9.64 Å². The van der Waals surface area contributed by atoms with E-state index < -0.39 is 0 Å². The van der Waals surface area contributed by atoms with Crippen LogP contribution in [0.1, 0.15) is 46.9 Å². The standard InChI is InChI=1S/C26H25ClN6O2/c1-31-25(16-10-11-23(35-2)20(27)14-16)19-15-17-6-5-9-22(24(19)30-31)32(17)26(34)18-7-3-4-8-21(18)33-28-12-13-29-33/h3-4,7-8,10-14,17,22H,5-6,9,15H2,1-2H3/t17-,22+/m0/s1. The highest BCUT2D eigenvalue weighted by Gasteiger charge is 2.44. The third kappa shape index (κ3) is 3.51. The summed E-state index contributed by atoms with van der Waals surface area (Å²) in [7, 11) is 3.57. The van der Waals surface area contributed by atoms with Gasteiger partial charge in [0.05, 0.1) is 53.2 Å². The number of rotatable bonds is 4. The van der Waals surface area contributed by atoms with E-state index in [1.54, 1.807) is 19.5 Å². The number of hydrogen-bond acceptors (Lipinski definition) is 5. The minimum atomic E-state index is -0.0719. The minimum absolute atomic E-state index is 0.00190. The van der Waals surface area contributed by atoms with Gasteiger partial charge in [-0.05, 0) is 56.0 Å². The summed E-state index contributed by atoms with van der Waals surface area (Å²) in [5, 5.41) is 14.0. The Bertz CT molecular complexity index is 1410. The van der Waals surface area contributed by atoms with Gasteiger partial charge >= 0.3 is 0 Å². The molecule has 0 spiro atoms. The maximum atomic E-state index is 14.0. The Morgan fingerprint density at radius 1 is 1.11 bits per heavy atom. The number of amides is 1. The van der Waals surface area contributed by atoms with E-state index in [4.69, 9.17) is 21.4 Å². The fourth-order valence-electron chi connectivity index (χ4n) is 5.63. The zero-order valence-electron chi connectivity index (χ0n) is 19.6.